The number of aromatic nitrogens is 2. The van der Waals surface area contributed by atoms with E-state index in [-0.39, 0.29) is 5.69 Å². The van der Waals surface area contributed by atoms with Crippen molar-refractivity contribution in [1.82, 2.24) is 9.78 Å². The molecule has 0 aliphatic carbocycles. The van der Waals surface area contributed by atoms with Crippen molar-refractivity contribution in [3.8, 4) is 5.69 Å². The molecule has 0 saturated heterocycles. The summed E-state index contributed by atoms with van der Waals surface area (Å²) in [5, 5.41) is 4.43. The molecule has 1 aromatic carbocycles. The number of hydrogen-bond acceptors (Lipinski definition) is 3. The Bertz CT molecular complexity index is 508. The van der Waals surface area contributed by atoms with Crippen LogP contribution in [0.5, 0.6) is 0 Å². The van der Waals surface area contributed by atoms with Crippen LogP contribution in [0, 0.1) is 0 Å². The predicted molar refractivity (Wildman–Crippen MR) is 59.9 cm³/mol. The van der Waals surface area contributed by atoms with Crippen LogP contribution in [0.2, 0.25) is 5.15 Å². The summed E-state index contributed by atoms with van der Waals surface area (Å²) in [6, 6.07) is 10.8. The number of carbonyl (C=O) groups is 1. The number of hydrogen-bond donors (Lipinski definition) is 0. The van der Waals surface area contributed by atoms with E-state index in [1.165, 1.54) is 17.9 Å². The van der Waals surface area contributed by atoms with E-state index in [1.807, 2.05) is 30.3 Å². The molecular formula is C11H9ClN2O2. The molecular weight excluding hydrogens is 228 g/mol. The Hall–Kier alpha value is -1.81. The van der Waals surface area contributed by atoms with Crippen molar-refractivity contribution in [2.75, 3.05) is 7.11 Å². The van der Waals surface area contributed by atoms with Gasteiger partial charge in [0.25, 0.3) is 0 Å². The molecule has 4 nitrogen and oxygen atoms in total. The molecule has 0 unspecified atom stereocenters. The molecule has 0 amide bonds. The van der Waals surface area contributed by atoms with Crippen molar-refractivity contribution in [3.63, 3.8) is 0 Å². The van der Waals surface area contributed by atoms with Gasteiger partial charge in [-0.2, -0.15) is 5.10 Å². The second-order valence-electron chi connectivity index (χ2n) is 3.09. The zero-order chi connectivity index (χ0) is 11.5. The number of benzene rings is 1. The molecule has 2 aromatic rings. The molecule has 0 N–H and O–H groups in total. The van der Waals surface area contributed by atoms with Crippen molar-refractivity contribution in [2.24, 2.45) is 0 Å². The highest BCUT2D eigenvalue weighted by atomic mass is 35.5. The Morgan fingerprint density at radius 1 is 1.38 bits per heavy atom. The molecule has 0 fully saturated rings. The van der Waals surface area contributed by atoms with Crippen molar-refractivity contribution >= 4 is 17.6 Å². The molecule has 0 radical (unpaired) electrons. The first-order valence-electron chi connectivity index (χ1n) is 4.61. The maximum Gasteiger partial charge on any atom is 0.358 e. The van der Waals surface area contributed by atoms with Crippen LogP contribution >= 0.6 is 11.6 Å². The number of rotatable bonds is 2. The number of halogens is 1. The van der Waals surface area contributed by atoms with Gasteiger partial charge in [-0.3, -0.25) is 0 Å². The molecule has 16 heavy (non-hydrogen) atoms. The lowest BCUT2D eigenvalue weighted by molar-refractivity contribution is 0.0593. The Morgan fingerprint density at radius 2 is 2.06 bits per heavy atom. The summed E-state index contributed by atoms with van der Waals surface area (Å²) in [5.41, 5.74) is 0.985. The van der Waals surface area contributed by atoms with Gasteiger partial charge in [0, 0.05) is 6.07 Å². The highest BCUT2D eigenvalue weighted by Gasteiger charge is 2.13. The summed E-state index contributed by atoms with van der Waals surface area (Å²) in [6.07, 6.45) is 0. The fourth-order valence-electron chi connectivity index (χ4n) is 1.31. The predicted octanol–water partition coefficient (Wildman–Crippen LogP) is 2.31. The fourth-order valence-corrected chi connectivity index (χ4v) is 1.55. The molecule has 0 aliphatic heterocycles. The lowest BCUT2D eigenvalue weighted by atomic mass is 10.3. The van der Waals surface area contributed by atoms with Gasteiger partial charge < -0.3 is 4.74 Å². The number of methoxy groups -OCH3 is 1. The van der Waals surface area contributed by atoms with Gasteiger partial charge >= 0.3 is 5.97 Å². The monoisotopic (exact) mass is 236 g/mol. The molecule has 1 heterocycles. The van der Waals surface area contributed by atoms with Crippen LogP contribution in [-0.4, -0.2) is 22.9 Å². The lowest BCUT2D eigenvalue weighted by Crippen LogP contribution is -2.04. The quantitative estimate of drug-likeness (QED) is 0.752. The van der Waals surface area contributed by atoms with E-state index in [1.54, 1.807) is 0 Å². The number of nitrogens with zero attached hydrogens (tertiary/aromatic N) is 2. The summed E-state index contributed by atoms with van der Waals surface area (Å²) in [7, 11) is 1.30. The van der Waals surface area contributed by atoms with E-state index >= 15 is 0 Å². The molecule has 0 spiro atoms. The SMILES string of the molecule is COC(=O)c1cc(Cl)n(-c2ccccc2)n1. The van der Waals surface area contributed by atoms with Gasteiger partial charge in [-0.05, 0) is 12.1 Å². The number of esters is 1. The zero-order valence-corrected chi connectivity index (χ0v) is 9.31. The van der Waals surface area contributed by atoms with Crippen LogP contribution in [0.15, 0.2) is 36.4 Å². The number of carbonyl (C=O) groups excluding carboxylic acids is 1. The first-order valence-corrected chi connectivity index (χ1v) is 4.99. The summed E-state index contributed by atoms with van der Waals surface area (Å²) in [5.74, 6) is -0.503. The molecule has 5 heteroatoms. The van der Waals surface area contributed by atoms with Gasteiger partial charge in [0.2, 0.25) is 0 Å². The molecule has 2 rings (SSSR count). The van der Waals surface area contributed by atoms with E-state index in [0.29, 0.717) is 5.15 Å². The van der Waals surface area contributed by atoms with Gasteiger partial charge in [0.1, 0.15) is 5.15 Å². The number of para-hydroxylation sites is 1. The Labute approximate surface area is 97.4 Å². The van der Waals surface area contributed by atoms with Crippen LogP contribution in [0.1, 0.15) is 10.5 Å². The van der Waals surface area contributed by atoms with Crippen LogP contribution in [0.4, 0.5) is 0 Å². The minimum Gasteiger partial charge on any atom is -0.464 e. The minimum absolute atomic E-state index is 0.191. The van der Waals surface area contributed by atoms with Crippen molar-refractivity contribution in [2.45, 2.75) is 0 Å². The van der Waals surface area contributed by atoms with Crippen LogP contribution in [0.25, 0.3) is 5.69 Å². The van der Waals surface area contributed by atoms with Crippen LogP contribution in [0.3, 0.4) is 0 Å². The fraction of sp³-hybridized carbons (Fsp3) is 0.0909. The van der Waals surface area contributed by atoms with E-state index in [9.17, 15) is 4.79 Å². The molecule has 0 saturated carbocycles. The second kappa shape index (κ2) is 4.37. The van der Waals surface area contributed by atoms with E-state index < -0.39 is 5.97 Å². The van der Waals surface area contributed by atoms with Gasteiger partial charge in [-0.15, -0.1) is 0 Å². The topological polar surface area (TPSA) is 44.1 Å². The normalized spacial score (nSPS) is 10.1. The first-order chi connectivity index (χ1) is 7.72. The number of ether oxygens (including phenoxy) is 1. The third-order valence-corrected chi connectivity index (χ3v) is 2.33. The van der Waals surface area contributed by atoms with Gasteiger partial charge in [0.05, 0.1) is 12.8 Å². The van der Waals surface area contributed by atoms with Crippen LogP contribution < -0.4 is 0 Å². The Balaban J connectivity index is 2.44. The van der Waals surface area contributed by atoms with Gasteiger partial charge in [-0.1, -0.05) is 29.8 Å². The minimum atomic E-state index is -0.503. The third-order valence-electron chi connectivity index (χ3n) is 2.06. The van der Waals surface area contributed by atoms with Crippen molar-refractivity contribution in [3.05, 3.63) is 47.2 Å². The smallest absolute Gasteiger partial charge is 0.358 e. The van der Waals surface area contributed by atoms with Gasteiger partial charge in [-0.25, -0.2) is 9.48 Å². The summed E-state index contributed by atoms with van der Waals surface area (Å²) < 4.78 is 6.05. The standard InChI is InChI=1S/C11H9ClN2O2/c1-16-11(15)9-7-10(12)14(13-9)8-5-3-2-4-6-8/h2-7H,1H3. The summed E-state index contributed by atoms with van der Waals surface area (Å²) in [4.78, 5) is 11.3. The van der Waals surface area contributed by atoms with Crippen molar-refractivity contribution < 1.29 is 9.53 Å². The van der Waals surface area contributed by atoms with E-state index in [4.69, 9.17) is 11.6 Å². The summed E-state index contributed by atoms with van der Waals surface area (Å²) >= 11 is 5.97. The average molecular weight is 237 g/mol. The first kappa shape index (κ1) is 10.7. The average Bonchev–Trinajstić information content (AvgIpc) is 2.71. The highest BCUT2D eigenvalue weighted by Crippen LogP contribution is 2.17. The molecule has 0 aliphatic rings. The van der Waals surface area contributed by atoms with E-state index in [0.717, 1.165) is 5.69 Å². The third kappa shape index (κ3) is 1.92. The highest BCUT2D eigenvalue weighted by molar-refractivity contribution is 6.30. The second-order valence-corrected chi connectivity index (χ2v) is 3.48. The molecule has 1 aromatic heterocycles. The largest absolute Gasteiger partial charge is 0.464 e. The summed E-state index contributed by atoms with van der Waals surface area (Å²) in [6.45, 7) is 0. The Morgan fingerprint density at radius 3 is 2.69 bits per heavy atom. The zero-order valence-electron chi connectivity index (χ0n) is 8.55. The van der Waals surface area contributed by atoms with E-state index in [2.05, 4.69) is 9.84 Å². The molecule has 82 valence electrons. The van der Waals surface area contributed by atoms with Gasteiger partial charge in [0.15, 0.2) is 5.69 Å². The van der Waals surface area contributed by atoms with Crippen LogP contribution in [-0.2, 0) is 4.74 Å². The molecule has 0 bridgehead atoms. The van der Waals surface area contributed by atoms with Crippen molar-refractivity contribution in [1.29, 1.82) is 0 Å². The maximum absolute atomic E-state index is 11.3. The maximum atomic E-state index is 11.3. The molecule has 0 atom stereocenters. The lowest BCUT2D eigenvalue weighted by Gasteiger charge is -2.01. The Kier molecular flexibility index (Phi) is 2.92.